The Hall–Kier alpha value is -1.94. The molecular formula is C16H18O3Si. The Morgan fingerprint density at radius 2 is 1.60 bits per heavy atom. The van der Waals surface area contributed by atoms with Crippen LogP contribution < -0.4 is 0 Å². The SMILES string of the molecule is C[Si](C)(C)CC=CC1=C(O)C(=O)c2ccccc2C1=O. The van der Waals surface area contributed by atoms with E-state index in [0.29, 0.717) is 5.56 Å². The van der Waals surface area contributed by atoms with E-state index in [1.165, 1.54) is 0 Å². The van der Waals surface area contributed by atoms with Crippen molar-refractivity contribution in [3.8, 4) is 0 Å². The number of Topliss-reactive ketones (excluding diaryl/α,β-unsaturated/α-hetero) is 2. The van der Waals surface area contributed by atoms with Gasteiger partial charge in [-0.15, -0.1) is 0 Å². The maximum Gasteiger partial charge on any atom is 0.228 e. The van der Waals surface area contributed by atoms with Gasteiger partial charge in [-0.25, -0.2) is 0 Å². The van der Waals surface area contributed by atoms with Crippen LogP contribution in [0.25, 0.3) is 0 Å². The molecule has 0 fully saturated rings. The minimum atomic E-state index is -1.26. The molecule has 3 nitrogen and oxygen atoms in total. The Kier molecular flexibility index (Phi) is 3.77. The van der Waals surface area contributed by atoms with Crippen LogP contribution in [0, 0.1) is 0 Å². The third-order valence-corrected chi connectivity index (χ3v) is 4.61. The molecule has 104 valence electrons. The van der Waals surface area contributed by atoms with Gasteiger partial charge in [0.2, 0.25) is 5.78 Å². The number of allylic oxidation sites excluding steroid dienone is 4. The smallest absolute Gasteiger partial charge is 0.228 e. The number of carbonyl (C=O) groups excluding carboxylic acids is 2. The molecule has 0 bridgehead atoms. The first-order valence-electron chi connectivity index (χ1n) is 6.59. The fourth-order valence-electron chi connectivity index (χ4n) is 2.07. The lowest BCUT2D eigenvalue weighted by Gasteiger charge is -2.16. The second kappa shape index (κ2) is 5.21. The van der Waals surface area contributed by atoms with Crippen molar-refractivity contribution in [3.63, 3.8) is 0 Å². The number of hydrogen-bond acceptors (Lipinski definition) is 3. The number of aliphatic hydroxyl groups excluding tert-OH is 1. The molecule has 1 N–H and O–H groups in total. The molecule has 0 atom stereocenters. The molecule has 0 radical (unpaired) electrons. The molecule has 1 aliphatic carbocycles. The number of hydrogen-bond donors (Lipinski definition) is 1. The van der Waals surface area contributed by atoms with Crippen LogP contribution >= 0.6 is 0 Å². The molecule has 0 amide bonds. The van der Waals surface area contributed by atoms with Crippen LogP contribution in [0.5, 0.6) is 0 Å². The van der Waals surface area contributed by atoms with Gasteiger partial charge >= 0.3 is 0 Å². The molecule has 1 aliphatic rings. The standard InChI is InChI=1S/C16H18O3Si/c1-20(2,3)10-6-9-13-14(17)11-7-4-5-8-12(11)15(18)16(13)19/h4-9,19H,10H2,1-3H3. The summed E-state index contributed by atoms with van der Waals surface area (Å²) < 4.78 is 0. The van der Waals surface area contributed by atoms with Crippen LogP contribution in [0.4, 0.5) is 0 Å². The van der Waals surface area contributed by atoms with Crippen LogP contribution in [0.3, 0.4) is 0 Å². The summed E-state index contributed by atoms with van der Waals surface area (Å²) in [7, 11) is -1.26. The van der Waals surface area contributed by atoms with Gasteiger partial charge in [0.15, 0.2) is 11.5 Å². The fraction of sp³-hybridized carbons (Fsp3) is 0.250. The van der Waals surface area contributed by atoms with Gasteiger partial charge in [0.25, 0.3) is 0 Å². The zero-order valence-electron chi connectivity index (χ0n) is 11.9. The Morgan fingerprint density at radius 1 is 1.05 bits per heavy atom. The van der Waals surface area contributed by atoms with Crippen molar-refractivity contribution in [2.75, 3.05) is 0 Å². The zero-order chi connectivity index (χ0) is 14.9. The van der Waals surface area contributed by atoms with Gasteiger partial charge in [0, 0.05) is 19.2 Å². The van der Waals surface area contributed by atoms with E-state index in [-0.39, 0.29) is 16.9 Å². The highest BCUT2D eigenvalue weighted by molar-refractivity contribution is 6.76. The number of benzene rings is 1. The van der Waals surface area contributed by atoms with E-state index in [1.807, 2.05) is 6.08 Å². The lowest BCUT2D eigenvalue weighted by molar-refractivity contribution is 0.0932. The van der Waals surface area contributed by atoms with E-state index in [9.17, 15) is 14.7 Å². The second-order valence-corrected chi connectivity index (χ2v) is 11.7. The average Bonchev–Trinajstić information content (AvgIpc) is 2.39. The summed E-state index contributed by atoms with van der Waals surface area (Å²) in [5.74, 6) is -1.21. The van der Waals surface area contributed by atoms with Gasteiger partial charge in [-0.2, -0.15) is 0 Å². The predicted molar refractivity (Wildman–Crippen MR) is 82.1 cm³/mol. The fourth-order valence-corrected chi connectivity index (χ4v) is 2.89. The van der Waals surface area contributed by atoms with E-state index in [2.05, 4.69) is 19.6 Å². The molecule has 0 spiro atoms. The Balaban J connectivity index is 2.37. The Morgan fingerprint density at radius 3 is 2.15 bits per heavy atom. The molecule has 0 aliphatic heterocycles. The van der Waals surface area contributed by atoms with E-state index < -0.39 is 19.6 Å². The number of carbonyl (C=O) groups is 2. The number of rotatable bonds is 3. The highest BCUT2D eigenvalue weighted by atomic mass is 28.3. The van der Waals surface area contributed by atoms with Crippen LogP contribution in [-0.2, 0) is 0 Å². The van der Waals surface area contributed by atoms with E-state index in [4.69, 9.17) is 0 Å². The average molecular weight is 286 g/mol. The Bertz CT molecular complexity index is 633. The van der Waals surface area contributed by atoms with Gasteiger partial charge in [-0.05, 0) is 6.04 Å². The van der Waals surface area contributed by atoms with Crippen molar-refractivity contribution in [2.24, 2.45) is 0 Å². The summed E-state index contributed by atoms with van der Waals surface area (Å²) in [6, 6.07) is 7.48. The second-order valence-electron chi connectivity index (χ2n) is 6.13. The molecule has 20 heavy (non-hydrogen) atoms. The maximum atomic E-state index is 12.3. The monoisotopic (exact) mass is 286 g/mol. The van der Waals surface area contributed by atoms with E-state index in [1.54, 1.807) is 30.3 Å². The first kappa shape index (κ1) is 14.5. The van der Waals surface area contributed by atoms with Gasteiger partial charge in [0.05, 0.1) is 5.57 Å². The maximum absolute atomic E-state index is 12.3. The topological polar surface area (TPSA) is 54.4 Å². The molecule has 2 rings (SSSR count). The van der Waals surface area contributed by atoms with Crippen molar-refractivity contribution >= 4 is 19.6 Å². The molecule has 0 saturated heterocycles. The summed E-state index contributed by atoms with van der Waals surface area (Å²) in [6.07, 6.45) is 3.47. The van der Waals surface area contributed by atoms with Crippen LogP contribution in [0.2, 0.25) is 25.7 Å². The van der Waals surface area contributed by atoms with Crippen LogP contribution in [0.15, 0.2) is 47.7 Å². The zero-order valence-corrected chi connectivity index (χ0v) is 12.9. The van der Waals surface area contributed by atoms with Crippen molar-refractivity contribution in [1.82, 2.24) is 0 Å². The predicted octanol–water partition coefficient (Wildman–Crippen LogP) is 3.77. The lowest BCUT2D eigenvalue weighted by Crippen LogP contribution is -2.21. The van der Waals surface area contributed by atoms with E-state index in [0.717, 1.165) is 6.04 Å². The normalized spacial score (nSPS) is 15.9. The highest BCUT2D eigenvalue weighted by Crippen LogP contribution is 2.26. The van der Waals surface area contributed by atoms with Gasteiger partial charge in [-0.3, -0.25) is 9.59 Å². The minimum absolute atomic E-state index is 0.104. The van der Waals surface area contributed by atoms with Crippen molar-refractivity contribution in [2.45, 2.75) is 25.7 Å². The summed E-state index contributed by atoms with van der Waals surface area (Å²) in [4.78, 5) is 24.4. The molecule has 1 aromatic rings. The Labute approximate surface area is 119 Å². The third-order valence-electron chi connectivity index (χ3n) is 3.15. The molecule has 1 aromatic carbocycles. The molecule has 0 heterocycles. The molecule has 0 aromatic heterocycles. The summed E-state index contributed by atoms with van der Waals surface area (Å²) in [6.45, 7) is 6.65. The minimum Gasteiger partial charge on any atom is -0.504 e. The molecule has 4 heteroatoms. The quantitative estimate of drug-likeness (QED) is 0.860. The first-order valence-corrected chi connectivity index (χ1v) is 10.3. The van der Waals surface area contributed by atoms with Crippen molar-refractivity contribution in [3.05, 3.63) is 58.9 Å². The molecule has 0 unspecified atom stereocenters. The third kappa shape index (κ3) is 2.80. The highest BCUT2D eigenvalue weighted by Gasteiger charge is 2.30. The molecule has 0 saturated carbocycles. The number of aliphatic hydroxyl groups is 1. The number of ketones is 2. The largest absolute Gasteiger partial charge is 0.504 e. The van der Waals surface area contributed by atoms with Crippen molar-refractivity contribution in [1.29, 1.82) is 0 Å². The summed E-state index contributed by atoms with van der Waals surface area (Å²) >= 11 is 0. The van der Waals surface area contributed by atoms with Gasteiger partial charge < -0.3 is 5.11 Å². The van der Waals surface area contributed by atoms with Gasteiger partial charge in [0.1, 0.15) is 0 Å². The van der Waals surface area contributed by atoms with Gasteiger partial charge in [-0.1, -0.05) is 56.1 Å². The van der Waals surface area contributed by atoms with E-state index >= 15 is 0 Å². The number of fused-ring (bicyclic) bond motifs is 1. The summed E-state index contributed by atoms with van der Waals surface area (Å²) in [5.41, 5.74) is 0.743. The lowest BCUT2D eigenvalue weighted by atomic mass is 9.88. The first-order chi connectivity index (χ1) is 9.31. The summed E-state index contributed by atoms with van der Waals surface area (Å²) in [5, 5.41) is 9.95. The molecular weight excluding hydrogens is 268 g/mol. The van der Waals surface area contributed by atoms with Crippen LogP contribution in [-0.4, -0.2) is 24.7 Å². The van der Waals surface area contributed by atoms with Crippen LogP contribution in [0.1, 0.15) is 20.7 Å². The van der Waals surface area contributed by atoms with Crippen molar-refractivity contribution < 1.29 is 14.7 Å².